The largest absolute Gasteiger partial charge is 0.348 e. The lowest BCUT2D eigenvalue weighted by Gasteiger charge is -2.17. The first kappa shape index (κ1) is 14.2. The first-order valence-corrected chi connectivity index (χ1v) is 6.49. The van der Waals surface area contributed by atoms with Crippen molar-refractivity contribution in [1.29, 1.82) is 0 Å². The molecule has 0 saturated heterocycles. The zero-order valence-corrected chi connectivity index (χ0v) is 11.1. The van der Waals surface area contributed by atoms with Crippen molar-refractivity contribution in [3.63, 3.8) is 0 Å². The Balaban J connectivity index is 2.01. The zero-order chi connectivity index (χ0) is 14.4. The number of carbonyl (C=O) groups is 1. The van der Waals surface area contributed by atoms with Crippen molar-refractivity contribution in [2.24, 2.45) is 5.73 Å². The predicted octanol–water partition coefficient (Wildman–Crippen LogP) is 2.13. The molecule has 4 heteroatoms. The van der Waals surface area contributed by atoms with Crippen molar-refractivity contribution in [1.82, 2.24) is 5.32 Å². The van der Waals surface area contributed by atoms with Crippen molar-refractivity contribution < 1.29 is 9.18 Å². The molecule has 0 radical (unpaired) electrons. The van der Waals surface area contributed by atoms with Crippen LogP contribution >= 0.6 is 0 Å². The summed E-state index contributed by atoms with van der Waals surface area (Å²) in [5.41, 5.74) is 7.09. The van der Waals surface area contributed by atoms with Crippen LogP contribution in [0.4, 0.5) is 4.39 Å². The molecule has 0 fully saturated rings. The first-order chi connectivity index (χ1) is 9.69. The zero-order valence-electron chi connectivity index (χ0n) is 11.1. The van der Waals surface area contributed by atoms with Gasteiger partial charge in [-0.25, -0.2) is 4.39 Å². The smallest absolute Gasteiger partial charge is 0.251 e. The highest BCUT2D eigenvalue weighted by molar-refractivity contribution is 5.94. The monoisotopic (exact) mass is 272 g/mol. The van der Waals surface area contributed by atoms with Gasteiger partial charge in [0.1, 0.15) is 5.82 Å². The van der Waals surface area contributed by atoms with Crippen molar-refractivity contribution in [3.8, 4) is 0 Å². The Morgan fingerprint density at radius 1 is 1.15 bits per heavy atom. The second-order valence-electron chi connectivity index (χ2n) is 4.61. The van der Waals surface area contributed by atoms with Crippen molar-refractivity contribution >= 4 is 5.91 Å². The number of carbonyl (C=O) groups excluding carboxylic acids is 1. The molecule has 2 rings (SSSR count). The van der Waals surface area contributed by atoms with E-state index in [9.17, 15) is 9.18 Å². The van der Waals surface area contributed by atoms with E-state index < -0.39 is 5.82 Å². The predicted molar refractivity (Wildman–Crippen MR) is 76.9 cm³/mol. The molecule has 0 aromatic heterocycles. The third-order valence-electron chi connectivity index (χ3n) is 3.03. The molecule has 0 spiro atoms. The molecule has 0 aliphatic rings. The molecule has 2 aromatic rings. The lowest BCUT2D eigenvalue weighted by Crippen LogP contribution is -2.41. The van der Waals surface area contributed by atoms with Gasteiger partial charge in [-0.3, -0.25) is 4.79 Å². The van der Waals surface area contributed by atoms with E-state index in [1.54, 1.807) is 6.07 Å². The summed E-state index contributed by atoms with van der Waals surface area (Å²) in [5, 5.41) is 2.83. The van der Waals surface area contributed by atoms with Gasteiger partial charge in [0, 0.05) is 18.2 Å². The van der Waals surface area contributed by atoms with E-state index >= 15 is 0 Å². The summed E-state index contributed by atoms with van der Waals surface area (Å²) < 4.78 is 13.1. The highest BCUT2D eigenvalue weighted by Crippen LogP contribution is 2.06. The van der Waals surface area contributed by atoms with Gasteiger partial charge in [-0.1, -0.05) is 36.4 Å². The van der Waals surface area contributed by atoms with E-state index in [4.69, 9.17) is 5.73 Å². The molecule has 0 saturated carbocycles. The molecular formula is C16H17FN2O. The van der Waals surface area contributed by atoms with E-state index in [0.29, 0.717) is 18.5 Å². The molecule has 0 bridgehead atoms. The molecule has 1 atom stereocenters. The average molecular weight is 272 g/mol. The molecule has 1 unspecified atom stereocenters. The van der Waals surface area contributed by atoms with Crippen molar-refractivity contribution in [3.05, 3.63) is 71.5 Å². The highest BCUT2D eigenvalue weighted by Gasteiger charge is 2.13. The number of rotatable bonds is 5. The van der Waals surface area contributed by atoms with Crippen LogP contribution in [0.15, 0.2) is 54.6 Å². The molecule has 20 heavy (non-hydrogen) atoms. The molecule has 3 N–H and O–H groups in total. The minimum atomic E-state index is -0.426. The Morgan fingerprint density at radius 3 is 2.55 bits per heavy atom. The molecule has 0 heterocycles. The molecule has 0 aliphatic carbocycles. The Kier molecular flexibility index (Phi) is 4.85. The van der Waals surface area contributed by atoms with Gasteiger partial charge in [0.25, 0.3) is 5.91 Å². The molecular weight excluding hydrogens is 255 g/mol. The van der Waals surface area contributed by atoms with Crippen LogP contribution in [-0.4, -0.2) is 18.5 Å². The number of hydrogen-bond acceptors (Lipinski definition) is 2. The van der Waals surface area contributed by atoms with Gasteiger partial charge < -0.3 is 11.1 Å². The third kappa shape index (κ3) is 3.90. The summed E-state index contributed by atoms with van der Waals surface area (Å²) in [6.45, 7) is 0.329. The van der Waals surface area contributed by atoms with Crippen LogP contribution in [0.2, 0.25) is 0 Å². The standard InChI is InChI=1S/C16H17FN2O/c17-14-8-4-7-13(10-14)16(20)19-15(11-18)9-12-5-2-1-3-6-12/h1-8,10,15H,9,11,18H2,(H,19,20). The van der Waals surface area contributed by atoms with E-state index in [1.807, 2.05) is 30.3 Å². The lowest BCUT2D eigenvalue weighted by atomic mass is 10.1. The minimum Gasteiger partial charge on any atom is -0.348 e. The quantitative estimate of drug-likeness (QED) is 0.876. The number of nitrogens with one attached hydrogen (secondary N) is 1. The first-order valence-electron chi connectivity index (χ1n) is 6.49. The number of hydrogen-bond donors (Lipinski definition) is 2. The SMILES string of the molecule is NCC(Cc1ccccc1)NC(=O)c1cccc(F)c1. The number of amides is 1. The van der Waals surface area contributed by atoms with Crippen LogP contribution in [0.25, 0.3) is 0 Å². The summed E-state index contributed by atoms with van der Waals surface area (Å²) in [6.07, 6.45) is 0.651. The number of nitrogens with two attached hydrogens (primary N) is 1. The van der Waals surface area contributed by atoms with E-state index in [1.165, 1.54) is 18.2 Å². The van der Waals surface area contributed by atoms with Gasteiger partial charge in [0.15, 0.2) is 0 Å². The maximum atomic E-state index is 13.1. The molecule has 2 aromatic carbocycles. The second kappa shape index (κ2) is 6.82. The number of halogens is 1. The molecule has 104 valence electrons. The van der Waals surface area contributed by atoms with Crippen LogP contribution < -0.4 is 11.1 Å². The molecule has 1 amide bonds. The normalized spacial score (nSPS) is 11.9. The fourth-order valence-electron chi connectivity index (χ4n) is 1.99. The summed E-state index contributed by atoms with van der Waals surface area (Å²) in [5.74, 6) is -0.735. The summed E-state index contributed by atoms with van der Waals surface area (Å²) in [6, 6.07) is 15.2. The Labute approximate surface area is 117 Å². The fraction of sp³-hybridized carbons (Fsp3) is 0.188. The van der Waals surface area contributed by atoms with E-state index in [2.05, 4.69) is 5.32 Å². The van der Waals surface area contributed by atoms with Gasteiger partial charge >= 0.3 is 0 Å². The Bertz CT molecular complexity index is 572. The van der Waals surface area contributed by atoms with Gasteiger partial charge in [-0.2, -0.15) is 0 Å². The second-order valence-corrected chi connectivity index (χ2v) is 4.61. The average Bonchev–Trinajstić information content (AvgIpc) is 2.47. The van der Waals surface area contributed by atoms with Crippen LogP contribution in [-0.2, 0) is 6.42 Å². The maximum absolute atomic E-state index is 13.1. The van der Waals surface area contributed by atoms with E-state index in [-0.39, 0.29) is 11.9 Å². The molecule has 0 aliphatic heterocycles. The van der Waals surface area contributed by atoms with Crippen LogP contribution in [0, 0.1) is 5.82 Å². The summed E-state index contributed by atoms with van der Waals surface area (Å²) >= 11 is 0. The fourth-order valence-corrected chi connectivity index (χ4v) is 1.99. The van der Waals surface area contributed by atoms with Gasteiger partial charge in [-0.05, 0) is 30.2 Å². The minimum absolute atomic E-state index is 0.173. The summed E-state index contributed by atoms with van der Waals surface area (Å²) in [7, 11) is 0. The topological polar surface area (TPSA) is 55.1 Å². The van der Waals surface area contributed by atoms with Gasteiger partial charge in [0.2, 0.25) is 0 Å². The molecule has 3 nitrogen and oxygen atoms in total. The van der Waals surface area contributed by atoms with Crippen LogP contribution in [0.1, 0.15) is 15.9 Å². The Hall–Kier alpha value is -2.20. The van der Waals surface area contributed by atoms with E-state index in [0.717, 1.165) is 5.56 Å². The summed E-state index contributed by atoms with van der Waals surface area (Å²) in [4.78, 5) is 12.0. The van der Waals surface area contributed by atoms with Gasteiger partial charge in [-0.15, -0.1) is 0 Å². The van der Waals surface area contributed by atoms with Crippen molar-refractivity contribution in [2.45, 2.75) is 12.5 Å². The highest BCUT2D eigenvalue weighted by atomic mass is 19.1. The van der Waals surface area contributed by atoms with Crippen LogP contribution in [0.5, 0.6) is 0 Å². The third-order valence-corrected chi connectivity index (χ3v) is 3.03. The van der Waals surface area contributed by atoms with Gasteiger partial charge in [0.05, 0.1) is 0 Å². The number of benzene rings is 2. The van der Waals surface area contributed by atoms with Crippen LogP contribution in [0.3, 0.4) is 0 Å². The maximum Gasteiger partial charge on any atom is 0.251 e. The van der Waals surface area contributed by atoms with Crippen molar-refractivity contribution in [2.75, 3.05) is 6.54 Å². The lowest BCUT2D eigenvalue weighted by molar-refractivity contribution is 0.0937. The Morgan fingerprint density at radius 2 is 1.90 bits per heavy atom.